The summed E-state index contributed by atoms with van der Waals surface area (Å²) < 4.78 is 24.3. The molecule has 2 saturated heterocycles. The molecule has 334 valence electrons. The van der Waals surface area contributed by atoms with Crippen molar-refractivity contribution < 1.29 is 43.5 Å². The van der Waals surface area contributed by atoms with Crippen molar-refractivity contribution in [2.24, 2.45) is 11.3 Å². The smallest absolute Gasteiger partial charge is 0.344 e. The zero-order chi connectivity index (χ0) is 44.1. The van der Waals surface area contributed by atoms with E-state index in [0.717, 1.165) is 33.4 Å². The van der Waals surface area contributed by atoms with E-state index in [9.17, 15) is 19.8 Å². The van der Waals surface area contributed by atoms with E-state index in [1.54, 1.807) is 26.1 Å². The van der Waals surface area contributed by atoms with Crippen LogP contribution in [0.2, 0.25) is 0 Å². The molecule has 0 radical (unpaired) electrons. The maximum Gasteiger partial charge on any atom is 0.344 e. The highest BCUT2D eigenvalue weighted by Gasteiger charge is 2.80. The van der Waals surface area contributed by atoms with Gasteiger partial charge in [0.1, 0.15) is 11.2 Å². The van der Waals surface area contributed by atoms with Gasteiger partial charge in [0.25, 0.3) is 0 Å². The highest BCUT2D eigenvalue weighted by Crippen LogP contribution is 2.68. The second kappa shape index (κ2) is 15.1. The molecule has 1 spiro atoms. The molecule has 3 aromatic rings. The summed E-state index contributed by atoms with van der Waals surface area (Å²) in [5.74, 6) is -1.53. The zero-order valence-electron chi connectivity index (χ0n) is 37.5. The van der Waals surface area contributed by atoms with Crippen molar-refractivity contribution >= 4 is 34.5 Å². The molecule has 5 aliphatic heterocycles. The Balaban J connectivity index is 1.34. The van der Waals surface area contributed by atoms with Gasteiger partial charge < -0.3 is 39.0 Å². The number of aliphatic hydroxyl groups is 2. The van der Waals surface area contributed by atoms with Crippen LogP contribution in [0.25, 0.3) is 10.9 Å². The monoisotopic (exact) mass is 853 g/mol. The summed E-state index contributed by atoms with van der Waals surface area (Å²) in [4.78, 5) is 56.0. The molecule has 1 saturated carbocycles. The fraction of sp³-hybridized carbons (Fsp3) is 0.604. The molecule has 6 aliphatic rings. The van der Waals surface area contributed by atoms with Gasteiger partial charge in [0.15, 0.2) is 6.10 Å². The molecule has 14 nitrogen and oxygen atoms in total. The number of fused-ring (bicyclic) bond motifs is 6. The number of para-hydroxylation sites is 1. The number of hydrogen-bond acceptors (Lipinski definition) is 13. The van der Waals surface area contributed by atoms with Gasteiger partial charge in [-0.3, -0.25) is 24.3 Å². The Morgan fingerprint density at radius 3 is 2.40 bits per heavy atom. The maximum atomic E-state index is 15.4. The van der Waals surface area contributed by atoms with Crippen LogP contribution < -0.4 is 9.64 Å². The van der Waals surface area contributed by atoms with Crippen molar-refractivity contribution in [1.29, 1.82) is 0 Å². The molecule has 3 N–H and O–H groups in total. The predicted octanol–water partition coefficient (Wildman–Crippen LogP) is 3.53. The maximum absolute atomic E-state index is 15.4. The Morgan fingerprint density at radius 2 is 1.71 bits per heavy atom. The van der Waals surface area contributed by atoms with Gasteiger partial charge in [0.05, 0.1) is 39.5 Å². The third kappa shape index (κ3) is 5.75. The average Bonchev–Trinajstić information content (AvgIpc) is 3.92. The summed E-state index contributed by atoms with van der Waals surface area (Å²) in [6.45, 7) is 7.26. The Labute approximate surface area is 364 Å². The van der Waals surface area contributed by atoms with E-state index >= 15 is 4.79 Å². The minimum atomic E-state index is -2.33. The largest absolute Gasteiger partial charge is 0.496 e. The molecule has 10 atom stereocenters. The van der Waals surface area contributed by atoms with Gasteiger partial charge in [0.2, 0.25) is 5.60 Å². The lowest BCUT2D eigenvalue weighted by atomic mass is 9.47. The predicted molar refractivity (Wildman–Crippen MR) is 233 cm³/mol. The van der Waals surface area contributed by atoms with Crippen LogP contribution in [0.4, 0.5) is 5.69 Å². The van der Waals surface area contributed by atoms with Crippen molar-refractivity contribution in [1.82, 2.24) is 19.7 Å². The zero-order valence-corrected chi connectivity index (χ0v) is 37.5. The number of esters is 3. The summed E-state index contributed by atoms with van der Waals surface area (Å²) in [6.07, 6.45) is 5.90. The molecule has 2 aromatic carbocycles. The number of ether oxygens (including phenoxy) is 4. The average molecular weight is 854 g/mol. The standard InChI is InChI=1S/C48H63N5O9/c1-9-44(57)24-29-25-47(42(55)60-7,38-31(16-20-52(26-29)28-44)30-14-11-12-15-34(30)49-38)33-22-32-35(23-36(33)59-6)51(5)40-46(32)18-21-53-19-13-17-45(10-2,39(46)53)41(48(40,58)43(56)61-8)62-37(54)27-50(3)4/h11-15,17,22-23,29,39-41,49,57-58H,9-10,16,18-21,24-28H2,1-8H3/t29?,39-,40+,41+,44-,45+,46+,47-,48-/m0/s1. The molecule has 1 aromatic heterocycles. The summed E-state index contributed by atoms with van der Waals surface area (Å²) in [5.41, 5.74) is -1.74. The topological polar surface area (TPSA) is 157 Å². The lowest BCUT2D eigenvalue weighted by Crippen LogP contribution is -2.81. The van der Waals surface area contributed by atoms with Crippen LogP contribution in [-0.2, 0) is 45.8 Å². The van der Waals surface area contributed by atoms with Gasteiger partial charge in [-0.1, -0.05) is 44.2 Å². The number of anilines is 1. The Hall–Kier alpha value is -4.47. The summed E-state index contributed by atoms with van der Waals surface area (Å²) in [6, 6.07) is 10.9. The minimum Gasteiger partial charge on any atom is -0.496 e. The van der Waals surface area contributed by atoms with E-state index < -0.39 is 57.5 Å². The molecule has 2 bridgehead atoms. The molecule has 62 heavy (non-hydrogen) atoms. The third-order valence-corrected chi connectivity index (χ3v) is 16.0. The summed E-state index contributed by atoms with van der Waals surface area (Å²) in [5, 5.41) is 26.6. The van der Waals surface area contributed by atoms with Crippen molar-refractivity contribution in [2.75, 3.05) is 86.6 Å². The van der Waals surface area contributed by atoms with Crippen molar-refractivity contribution in [3.8, 4) is 5.75 Å². The molecule has 2 unspecified atom stereocenters. The van der Waals surface area contributed by atoms with E-state index in [-0.39, 0.29) is 18.5 Å². The fourth-order valence-corrected chi connectivity index (χ4v) is 13.8. The number of piperidine rings is 1. The number of nitrogens with zero attached hydrogens (tertiary/aromatic N) is 4. The van der Waals surface area contributed by atoms with Crippen molar-refractivity contribution in [3.05, 3.63) is 70.9 Å². The van der Waals surface area contributed by atoms with Gasteiger partial charge in [0, 0.05) is 84.0 Å². The molecule has 9 rings (SSSR count). The number of likely N-dealkylation sites (N-methyl/N-ethyl adjacent to an activating group) is 2. The Morgan fingerprint density at radius 1 is 0.952 bits per heavy atom. The summed E-state index contributed by atoms with van der Waals surface area (Å²) >= 11 is 0. The first-order valence-electron chi connectivity index (χ1n) is 22.3. The van der Waals surface area contributed by atoms with Crippen LogP contribution >= 0.6 is 0 Å². The van der Waals surface area contributed by atoms with Gasteiger partial charge >= 0.3 is 17.9 Å². The van der Waals surface area contributed by atoms with Gasteiger partial charge in [-0.2, -0.15) is 0 Å². The quantitative estimate of drug-likeness (QED) is 0.164. The normalized spacial score (nSPS) is 35.9. The second-order valence-corrected chi connectivity index (χ2v) is 19.3. The number of methoxy groups -OCH3 is 3. The van der Waals surface area contributed by atoms with Gasteiger partial charge in [-0.05, 0) is 88.3 Å². The van der Waals surface area contributed by atoms with E-state index in [1.807, 2.05) is 50.1 Å². The molecule has 6 heterocycles. The number of nitrogens with one attached hydrogen (secondary N) is 1. The first-order chi connectivity index (χ1) is 29.6. The highest BCUT2D eigenvalue weighted by molar-refractivity contribution is 5.95. The van der Waals surface area contributed by atoms with Crippen LogP contribution in [0.15, 0.2) is 48.6 Å². The van der Waals surface area contributed by atoms with E-state index in [0.29, 0.717) is 82.6 Å². The van der Waals surface area contributed by atoms with Crippen molar-refractivity contribution in [3.63, 3.8) is 0 Å². The number of carbonyl (C=O) groups is 3. The number of hydrogen-bond donors (Lipinski definition) is 3. The minimum absolute atomic E-state index is 0.0438. The SMILES string of the molecule is CC[C@]1(O)CC2CN(CCc3c([nH]c4ccccc34)[C@@](C(=O)OC)(c3cc4c(cc3OC)N(C)[C@H]3[C@@](O)(C(=O)OC)[C@H](OC(=O)CN(C)C)[C@]5(CC)C=CCN6CC[C@]43[C@@H]65)C2)C1. The van der Waals surface area contributed by atoms with Crippen LogP contribution in [0, 0.1) is 11.3 Å². The number of aromatic amines is 1. The molecule has 14 heteroatoms. The van der Waals surface area contributed by atoms with E-state index in [4.69, 9.17) is 18.9 Å². The first-order valence-corrected chi connectivity index (χ1v) is 22.3. The fourth-order valence-electron chi connectivity index (χ4n) is 13.8. The molecular formula is C48H63N5O9. The van der Waals surface area contributed by atoms with Gasteiger partial charge in [-0.25, -0.2) is 4.79 Å². The molecular weight excluding hydrogens is 791 g/mol. The Bertz CT molecular complexity index is 2330. The third-order valence-electron chi connectivity index (χ3n) is 16.0. The van der Waals surface area contributed by atoms with Crippen LogP contribution in [0.5, 0.6) is 5.75 Å². The lowest BCUT2D eigenvalue weighted by molar-refractivity contribution is -0.229. The van der Waals surface area contributed by atoms with Crippen molar-refractivity contribution in [2.45, 2.75) is 92.6 Å². The number of rotatable bonds is 9. The highest BCUT2D eigenvalue weighted by atomic mass is 16.6. The summed E-state index contributed by atoms with van der Waals surface area (Å²) in [7, 11) is 9.72. The van der Waals surface area contributed by atoms with Crippen LogP contribution in [0.1, 0.15) is 68.3 Å². The molecule has 3 fully saturated rings. The van der Waals surface area contributed by atoms with E-state index in [1.165, 1.54) is 14.2 Å². The van der Waals surface area contributed by atoms with E-state index in [2.05, 4.69) is 39.1 Å². The number of benzene rings is 2. The molecule has 0 amide bonds. The molecule has 1 aliphatic carbocycles. The lowest BCUT2D eigenvalue weighted by Gasteiger charge is -2.63. The van der Waals surface area contributed by atoms with Gasteiger partial charge in [-0.15, -0.1) is 0 Å². The number of H-pyrrole nitrogens is 1. The van der Waals surface area contributed by atoms with Crippen LogP contribution in [0.3, 0.4) is 0 Å². The van der Waals surface area contributed by atoms with Crippen LogP contribution in [-0.4, -0.2) is 159 Å². The number of carbonyl (C=O) groups excluding carboxylic acids is 3. The second-order valence-electron chi connectivity index (χ2n) is 19.3. The Kier molecular flexibility index (Phi) is 10.4. The first kappa shape index (κ1) is 42.8. The number of aromatic nitrogens is 1.